The fourth-order valence-electron chi connectivity index (χ4n) is 4.20. The van der Waals surface area contributed by atoms with Crippen LogP contribution in [0.15, 0.2) is 67.0 Å². The Hall–Kier alpha value is -3.79. The molecule has 37 heavy (non-hydrogen) atoms. The van der Waals surface area contributed by atoms with Crippen molar-refractivity contribution in [1.29, 1.82) is 0 Å². The number of carbonyl (C=O) groups excluding carboxylic acids is 1. The van der Waals surface area contributed by atoms with Crippen LogP contribution in [0, 0.1) is 0 Å². The third-order valence-corrected chi connectivity index (χ3v) is 7.08. The van der Waals surface area contributed by atoms with Gasteiger partial charge in [0, 0.05) is 37.4 Å². The van der Waals surface area contributed by atoms with E-state index in [1.54, 1.807) is 11.1 Å². The molecule has 8 nitrogen and oxygen atoms in total. The van der Waals surface area contributed by atoms with Crippen molar-refractivity contribution < 1.29 is 14.6 Å². The Balaban J connectivity index is 1.36. The lowest BCUT2D eigenvalue weighted by atomic mass is 10.0. The highest BCUT2D eigenvalue weighted by atomic mass is 32.1. The normalized spacial score (nSPS) is 11.5. The van der Waals surface area contributed by atoms with Crippen LogP contribution in [0.4, 0.5) is 0 Å². The second kappa shape index (κ2) is 11.1. The van der Waals surface area contributed by atoms with Crippen LogP contribution in [-0.4, -0.2) is 76.2 Å². The van der Waals surface area contributed by atoms with Gasteiger partial charge in [-0.2, -0.15) is 0 Å². The average molecular weight is 516 g/mol. The van der Waals surface area contributed by atoms with E-state index in [2.05, 4.69) is 25.9 Å². The lowest BCUT2D eigenvalue weighted by Gasteiger charge is -2.21. The van der Waals surface area contributed by atoms with E-state index >= 15 is 0 Å². The van der Waals surface area contributed by atoms with Gasteiger partial charge in [-0.15, -0.1) is 11.3 Å². The van der Waals surface area contributed by atoms with Crippen LogP contribution in [0.2, 0.25) is 0 Å². The van der Waals surface area contributed by atoms with Crippen molar-refractivity contribution in [2.75, 3.05) is 40.4 Å². The van der Waals surface area contributed by atoms with E-state index in [1.807, 2.05) is 68.8 Å². The molecule has 0 saturated heterocycles. The van der Waals surface area contributed by atoms with Gasteiger partial charge in [0.15, 0.2) is 5.01 Å². The number of aliphatic hydroxyl groups excluding tert-OH is 1. The highest BCUT2D eigenvalue weighted by Gasteiger charge is 2.20. The van der Waals surface area contributed by atoms with Gasteiger partial charge < -0.3 is 24.6 Å². The molecule has 5 rings (SSSR count). The molecule has 3 aromatic heterocycles. The van der Waals surface area contributed by atoms with Crippen LogP contribution in [0.25, 0.3) is 32.4 Å². The predicted octanol–water partition coefficient (Wildman–Crippen LogP) is 4.41. The Morgan fingerprint density at radius 2 is 2.00 bits per heavy atom. The Bertz CT molecular complexity index is 1530. The zero-order valence-electron chi connectivity index (χ0n) is 20.8. The molecule has 0 aliphatic carbocycles. The van der Waals surface area contributed by atoms with Crippen molar-refractivity contribution in [2.24, 2.45) is 0 Å². The van der Waals surface area contributed by atoms with Gasteiger partial charge in [-0.3, -0.25) is 4.79 Å². The molecule has 9 heteroatoms. The number of hydrogen-bond acceptors (Lipinski definition) is 7. The fraction of sp³-hybridized carbons (Fsp3) is 0.250. The highest BCUT2D eigenvalue weighted by molar-refractivity contribution is 7.20. The lowest BCUT2D eigenvalue weighted by molar-refractivity contribution is 0.0707. The van der Waals surface area contributed by atoms with Crippen LogP contribution in [-0.2, 0) is 6.54 Å². The quantitative estimate of drug-likeness (QED) is 0.286. The molecule has 5 aromatic rings. The molecule has 0 atom stereocenters. The monoisotopic (exact) mass is 515 g/mol. The number of rotatable bonds is 10. The number of nitrogens with one attached hydrogen (secondary N) is 1. The minimum Gasteiger partial charge on any atom is -0.492 e. The van der Waals surface area contributed by atoms with Gasteiger partial charge in [0.25, 0.3) is 5.91 Å². The average Bonchev–Trinajstić information content (AvgIpc) is 3.55. The summed E-state index contributed by atoms with van der Waals surface area (Å²) in [7, 11) is 4.00. The first-order chi connectivity index (χ1) is 18.0. The third-order valence-electron chi connectivity index (χ3n) is 6.08. The number of thiazole rings is 1. The van der Waals surface area contributed by atoms with E-state index in [9.17, 15) is 9.90 Å². The number of hydrogen-bond donors (Lipinski definition) is 2. The maximum atomic E-state index is 13.4. The number of aliphatic hydroxyl groups is 1. The van der Waals surface area contributed by atoms with Crippen molar-refractivity contribution in [2.45, 2.75) is 6.54 Å². The van der Waals surface area contributed by atoms with Gasteiger partial charge in [-0.25, -0.2) is 9.97 Å². The number of H-pyrrole nitrogens is 1. The number of amides is 1. The summed E-state index contributed by atoms with van der Waals surface area (Å²) in [5.41, 5.74) is 4.66. The Kier molecular flexibility index (Phi) is 7.45. The summed E-state index contributed by atoms with van der Waals surface area (Å²) in [6.45, 7) is 1.84. The second-order valence-corrected chi connectivity index (χ2v) is 10.1. The van der Waals surface area contributed by atoms with Crippen molar-refractivity contribution in [3.63, 3.8) is 0 Å². The van der Waals surface area contributed by atoms with Crippen LogP contribution >= 0.6 is 11.3 Å². The minimum absolute atomic E-state index is 0.130. The van der Waals surface area contributed by atoms with Crippen LogP contribution in [0.3, 0.4) is 0 Å². The third kappa shape index (κ3) is 5.64. The van der Waals surface area contributed by atoms with E-state index in [-0.39, 0.29) is 19.1 Å². The zero-order valence-corrected chi connectivity index (χ0v) is 21.7. The van der Waals surface area contributed by atoms with Gasteiger partial charge in [0.2, 0.25) is 0 Å². The molecule has 0 aliphatic heterocycles. The summed E-state index contributed by atoms with van der Waals surface area (Å²) in [6.07, 6.45) is 3.67. The van der Waals surface area contributed by atoms with Gasteiger partial charge in [-0.1, -0.05) is 18.2 Å². The molecule has 3 heterocycles. The van der Waals surface area contributed by atoms with Crippen LogP contribution in [0.5, 0.6) is 5.75 Å². The van der Waals surface area contributed by atoms with Crippen LogP contribution in [0.1, 0.15) is 15.4 Å². The van der Waals surface area contributed by atoms with Gasteiger partial charge in [0.05, 0.1) is 16.8 Å². The lowest BCUT2D eigenvalue weighted by Crippen LogP contribution is -2.33. The SMILES string of the molecule is CN(C)CCOc1cccc(CN(CCO)C(=O)c2nc3ccc(-c4ccnc5[nH]ccc45)cc3s2)c1. The molecular weight excluding hydrogens is 486 g/mol. The summed E-state index contributed by atoms with van der Waals surface area (Å²) in [5.74, 6) is 0.559. The summed E-state index contributed by atoms with van der Waals surface area (Å²) in [6, 6.07) is 17.8. The molecule has 0 radical (unpaired) electrons. The summed E-state index contributed by atoms with van der Waals surface area (Å²) in [4.78, 5) is 29.3. The Morgan fingerprint density at radius 1 is 1.11 bits per heavy atom. The molecular formula is C28H29N5O3S. The number of fused-ring (bicyclic) bond motifs is 2. The second-order valence-electron chi connectivity index (χ2n) is 9.05. The number of likely N-dealkylation sites (N-methyl/N-ethyl adjacent to an activating group) is 1. The summed E-state index contributed by atoms with van der Waals surface area (Å²) >= 11 is 1.37. The minimum atomic E-state index is -0.201. The summed E-state index contributed by atoms with van der Waals surface area (Å²) in [5, 5.41) is 11.1. The number of benzene rings is 2. The topological polar surface area (TPSA) is 94.6 Å². The number of aromatic amines is 1. The molecule has 0 unspecified atom stereocenters. The smallest absolute Gasteiger partial charge is 0.283 e. The number of ether oxygens (including phenoxy) is 1. The molecule has 0 spiro atoms. The van der Waals surface area contributed by atoms with E-state index < -0.39 is 0 Å². The van der Waals surface area contributed by atoms with Gasteiger partial charge in [0.1, 0.15) is 18.0 Å². The van der Waals surface area contributed by atoms with E-state index in [4.69, 9.17) is 4.74 Å². The first kappa shape index (κ1) is 24.9. The molecule has 0 fully saturated rings. The maximum Gasteiger partial charge on any atom is 0.283 e. The van der Waals surface area contributed by atoms with Crippen molar-refractivity contribution in [1.82, 2.24) is 24.8 Å². The first-order valence-electron chi connectivity index (χ1n) is 12.1. The fourth-order valence-corrected chi connectivity index (χ4v) is 5.18. The number of pyridine rings is 1. The van der Waals surface area contributed by atoms with Crippen molar-refractivity contribution >= 4 is 38.5 Å². The predicted molar refractivity (Wildman–Crippen MR) is 147 cm³/mol. The molecule has 190 valence electrons. The zero-order chi connectivity index (χ0) is 25.8. The van der Waals surface area contributed by atoms with Crippen molar-refractivity contribution in [3.8, 4) is 16.9 Å². The molecule has 1 amide bonds. The van der Waals surface area contributed by atoms with Gasteiger partial charge >= 0.3 is 0 Å². The molecule has 2 aromatic carbocycles. The largest absolute Gasteiger partial charge is 0.492 e. The maximum absolute atomic E-state index is 13.4. The number of carbonyl (C=O) groups is 1. The molecule has 0 saturated carbocycles. The van der Waals surface area contributed by atoms with E-state index in [0.29, 0.717) is 18.2 Å². The molecule has 0 bridgehead atoms. The Morgan fingerprint density at radius 3 is 2.84 bits per heavy atom. The molecule has 2 N–H and O–H groups in total. The van der Waals surface area contributed by atoms with E-state index in [1.165, 1.54) is 11.3 Å². The highest BCUT2D eigenvalue weighted by Crippen LogP contribution is 2.32. The summed E-state index contributed by atoms with van der Waals surface area (Å²) < 4.78 is 6.77. The Labute approximate surface area is 219 Å². The van der Waals surface area contributed by atoms with E-state index in [0.717, 1.165) is 50.2 Å². The number of aromatic nitrogens is 3. The standard InChI is InChI=1S/C28H29N5O3S/c1-32(2)13-15-36-21-5-3-4-19(16-21)18-33(12-14-34)28(35)27-31-24-7-6-20(17-25(24)37-27)22-8-10-29-26-23(22)9-11-30-26/h3-11,16-17,34H,12-15,18H2,1-2H3,(H,29,30). The molecule has 0 aliphatic rings. The van der Waals surface area contributed by atoms with Crippen LogP contribution < -0.4 is 4.74 Å². The van der Waals surface area contributed by atoms with Crippen molar-refractivity contribution in [3.05, 3.63) is 77.6 Å². The number of nitrogens with zero attached hydrogens (tertiary/aromatic N) is 4. The van der Waals surface area contributed by atoms with Gasteiger partial charge in [-0.05, 0) is 67.2 Å². The first-order valence-corrected chi connectivity index (χ1v) is 12.9.